The summed E-state index contributed by atoms with van der Waals surface area (Å²) in [6.45, 7) is 8.31. The molecule has 0 saturated carbocycles. The van der Waals surface area contributed by atoms with Crippen LogP contribution in [0.2, 0.25) is 0 Å². The molecule has 0 rings (SSSR count). The van der Waals surface area contributed by atoms with Crippen molar-refractivity contribution in [2.45, 2.75) is 33.7 Å². The molecule has 3 heteroatoms. The van der Waals surface area contributed by atoms with Crippen molar-refractivity contribution < 1.29 is 9.90 Å². The summed E-state index contributed by atoms with van der Waals surface area (Å²) in [4.78, 5) is 10.1. The number of nitrogens with one attached hydrogen (secondary N) is 1. The molecule has 1 atom stereocenters. The fraction of sp³-hybridized carbons (Fsp3) is 0.667. The molecule has 0 aliphatic rings. The minimum Gasteiger partial charge on any atom is -0.478 e. The molecule has 0 radical (unpaired) electrons. The van der Waals surface area contributed by atoms with Gasteiger partial charge in [0.1, 0.15) is 0 Å². The van der Waals surface area contributed by atoms with Crippen LogP contribution in [-0.4, -0.2) is 17.1 Å². The lowest BCUT2D eigenvalue weighted by Crippen LogP contribution is -2.34. The molecule has 2 N–H and O–H groups in total. The second kappa shape index (κ2) is 4.14. The standard InChI is InChI=1S/C9H17NO2/c1-7(9(2,3)4)10-6-5-8(11)12/h5-7,10H,1-4H3,(H,11,12)/b6-5+. The Morgan fingerprint density at radius 3 is 2.33 bits per heavy atom. The highest BCUT2D eigenvalue weighted by Gasteiger charge is 2.17. The van der Waals surface area contributed by atoms with Gasteiger partial charge in [0.05, 0.1) is 0 Å². The van der Waals surface area contributed by atoms with Gasteiger partial charge in [-0.1, -0.05) is 20.8 Å². The van der Waals surface area contributed by atoms with Gasteiger partial charge in [0, 0.05) is 18.3 Å². The van der Waals surface area contributed by atoms with E-state index < -0.39 is 5.97 Å². The van der Waals surface area contributed by atoms with Crippen LogP contribution >= 0.6 is 0 Å². The van der Waals surface area contributed by atoms with E-state index in [0.29, 0.717) is 0 Å². The normalized spacial score (nSPS) is 14.7. The first-order valence-electron chi connectivity index (χ1n) is 3.99. The summed E-state index contributed by atoms with van der Waals surface area (Å²) >= 11 is 0. The van der Waals surface area contributed by atoms with E-state index in [4.69, 9.17) is 5.11 Å². The van der Waals surface area contributed by atoms with Crippen molar-refractivity contribution in [1.82, 2.24) is 5.32 Å². The Hall–Kier alpha value is -0.990. The monoisotopic (exact) mass is 171 g/mol. The number of hydrogen-bond acceptors (Lipinski definition) is 2. The van der Waals surface area contributed by atoms with Crippen molar-refractivity contribution in [3.05, 3.63) is 12.3 Å². The molecule has 0 fully saturated rings. The number of carboxylic acid groups (broad SMARTS) is 1. The highest BCUT2D eigenvalue weighted by molar-refractivity contribution is 5.79. The Morgan fingerprint density at radius 1 is 1.50 bits per heavy atom. The van der Waals surface area contributed by atoms with E-state index in [-0.39, 0.29) is 11.5 Å². The average molecular weight is 171 g/mol. The summed E-state index contributed by atoms with van der Waals surface area (Å²) in [5, 5.41) is 11.3. The summed E-state index contributed by atoms with van der Waals surface area (Å²) in [6, 6.07) is 0.257. The highest BCUT2D eigenvalue weighted by Crippen LogP contribution is 2.18. The van der Waals surface area contributed by atoms with E-state index in [1.54, 1.807) is 0 Å². The van der Waals surface area contributed by atoms with E-state index in [0.717, 1.165) is 6.08 Å². The van der Waals surface area contributed by atoms with Crippen molar-refractivity contribution in [2.24, 2.45) is 5.41 Å². The van der Waals surface area contributed by atoms with Gasteiger partial charge in [0.2, 0.25) is 0 Å². The van der Waals surface area contributed by atoms with Gasteiger partial charge in [-0.25, -0.2) is 4.79 Å². The largest absolute Gasteiger partial charge is 0.478 e. The molecule has 1 unspecified atom stereocenters. The summed E-state index contributed by atoms with van der Waals surface area (Å²) in [6.07, 6.45) is 2.57. The molecular formula is C9H17NO2. The molecule has 0 saturated heterocycles. The maximum atomic E-state index is 10.1. The molecule has 0 aromatic carbocycles. The van der Waals surface area contributed by atoms with Crippen LogP contribution in [0.5, 0.6) is 0 Å². The van der Waals surface area contributed by atoms with Gasteiger partial charge in [-0.05, 0) is 12.3 Å². The van der Waals surface area contributed by atoms with Crippen LogP contribution < -0.4 is 5.32 Å². The SMILES string of the molecule is CC(N/C=C/C(=O)O)C(C)(C)C. The van der Waals surface area contributed by atoms with Crippen LogP contribution in [0.1, 0.15) is 27.7 Å². The maximum absolute atomic E-state index is 10.1. The number of aliphatic carboxylic acids is 1. The van der Waals surface area contributed by atoms with Gasteiger partial charge in [-0.2, -0.15) is 0 Å². The minimum atomic E-state index is -0.927. The lowest BCUT2D eigenvalue weighted by molar-refractivity contribution is -0.131. The van der Waals surface area contributed by atoms with Crippen molar-refractivity contribution in [2.75, 3.05) is 0 Å². The van der Waals surface area contributed by atoms with E-state index in [1.807, 2.05) is 6.92 Å². The molecule has 0 aromatic heterocycles. The first-order chi connectivity index (χ1) is 5.34. The Morgan fingerprint density at radius 2 is 2.00 bits per heavy atom. The summed E-state index contributed by atoms with van der Waals surface area (Å²) in [5.41, 5.74) is 0.142. The Balaban J connectivity index is 3.87. The zero-order valence-electron chi connectivity index (χ0n) is 8.09. The average Bonchev–Trinajstić information content (AvgIpc) is 1.84. The summed E-state index contributed by atoms with van der Waals surface area (Å²) < 4.78 is 0. The summed E-state index contributed by atoms with van der Waals surface area (Å²) in [5.74, 6) is -0.927. The van der Waals surface area contributed by atoms with Crippen LogP contribution in [0.15, 0.2) is 12.3 Å². The van der Waals surface area contributed by atoms with Gasteiger partial charge in [0.15, 0.2) is 0 Å². The van der Waals surface area contributed by atoms with E-state index in [1.165, 1.54) is 6.20 Å². The summed E-state index contributed by atoms with van der Waals surface area (Å²) in [7, 11) is 0. The third-order valence-corrected chi connectivity index (χ3v) is 1.87. The van der Waals surface area contributed by atoms with Gasteiger partial charge < -0.3 is 10.4 Å². The molecule has 12 heavy (non-hydrogen) atoms. The van der Waals surface area contributed by atoms with Crippen molar-refractivity contribution in [3.8, 4) is 0 Å². The maximum Gasteiger partial charge on any atom is 0.329 e. The molecule has 3 nitrogen and oxygen atoms in total. The molecule has 0 spiro atoms. The smallest absolute Gasteiger partial charge is 0.329 e. The topological polar surface area (TPSA) is 49.3 Å². The van der Waals surface area contributed by atoms with Crippen molar-refractivity contribution in [1.29, 1.82) is 0 Å². The van der Waals surface area contributed by atoms with Crippen LogP contribution in [0.25, 0.3) is 0 Å². The van der Waals surface area contributed by atoms with Gasteiger partial charge in [-0.15, -0.1) is 0 Å². The molecule has 70 valence electrons. The van der Waals surface area contributed by atoms with E-state index >= 15 is 0 Å². The highest BCUT2D eigenvalue weighted by atomic mass is 16.4. The predicted molar refractivity (Wildman–Crippen MR) is 48.8 cm³/mol. The Kier molecular flexibility index (Phi) is 3.80. The quantitative estimate of drug-likeness (QED) is 0.634. The van der Waals surface area contributed by atoms with Crippen LogP contribution in [0.3, 0.4) is 0 Å². The first-order valence-corrected chi connectivity index (χ1v) is 3.99. The second-order valence-electron chi connectivity index (χ2n) is 3.93. The van der Waals surface area contributed by atoms with Gasteiger partial charge in [0.25, 0.3) is 0 Å². The molecule has 0 aliphatic carbocycles. The third kappa shape index (κ3) is 4.77. The fourth-order valence-electron chi connectivity index (χ4n) is 0.514. The Labute approximate surface area is 73.5 Å². The first kappa shape index (κ1) is 11.0. The fourth-order valence-corrected chi connectivity index (χ4v) is 0.514. The number of carboxylic acids is 1. The molecular weight excluding hydrogens is 154 g/mol. The minimum absolute atomic E-state index is 0.142. The molecule has 0 aliphatic heterocycles. The molecule has 0 bridgehead atoms. The predicted octanol–water partition coefficient (Wildman–Crippen LogP) is 1.61. The van der Waals surface area contributed by atoms with Crippen LogP contribution in [0.4, 0.5) is 0 Å². The van der Waals surface area contributed by atoms with Crippen LogP contribution in [-0.2, 0) is 4.79 Å². The lowest BCUT2D eigenvalue weighted by Gasteiger charge is -2.27. The second-order valence-corrected chi connectivity index (χ2v) is 3.93. The number of carbonyl (C=O) groups is 1. The number of hydrogen-bond donors (Lipinski definition) is 2. The molecule has 0 heterocycles. The zero-order valence-corrected chi connectivity index (χ0v) is 8.09. The van der Waals surface area contributed by atoms with Crippen molar-refractivity contribution >= 4 is 5.97 Å². The van der Waals surface area contributed by atoms with Gasteiger partial charge in [-0.3, -0.25) is 0 Å². The zero-order chi connectivity index (χ0) is 9.78. The molecule has 0 aromatic rings. The Bertz CT molecular complexity index is 179. The lowest BCUT2D eigenvalue weighted by atomic mass is 9.88. The van der Waals surface area contributed by atoms with E-state index in [9.17, 15) is 4.79 Å². The third-order valence-electron chi connectivity index (χ3n) is 1.87. The van der Waals surface area contributed by atoms with Crippen LogP contribution in [0, 0.1) is 5.41 Å². The number of rotatable bonds is 3. The van der Waals surface area contributed by atoms with Crippen molar-refractivity contribution in [3.63, 3.8) is 0 Å². The van der Waals surface area contributed by atoms with Gasteiger partial charge >= 0.3 is 5.97 Å². The van der Waals surface area contributed by atoms with E-state index in [2.05, 4.69) is 26.1 Å². The molecule has 0 amide bonds.